The number of unbranched alkanes of at least 4 members (excludes halogenated alkanes) is 7. The molecule has 2 amide bonds. The van der Waals surface area contributed by atoms with Gasteiger partial charge in [0.2, 0.25) is 11.8 Å². The lowest BCUT2D eigenvalue weighted by atomic mass is 9.80. The van der Waals surface area contributed by atoms with Crippen molar-refractivity contribution in [1.29, 1.82) is 0 Å². The molecule has 0 fully saturated rings. The first-order valence-electron chi connectivity index (χ1n) is 19.8. The van der Waals surface area contributed by atoms with Gasteiger partial charge in [0.15, 0.2) is 0 Å². The molecule has 7 heteroatoms. The molecule has 0 saturated carbocycles. The Morgan fingerprint density at radius 3 is 1.58 bits per heavy atom. The predicted molar refractivity (Wildman–Crippen MR) is 216 cm³/mol. The van der Waals surface area contributed by atoms with Crippen molar-refractivity contribution in [2.24, 2.45) is 5.92 Å². The quantitative estimate of drug-likeness (QED) is 0.0842. The molecule has 53 heavy (non-hydrogen) atoms. The molecule has 1 atom stereocenters. The monoisotopic (exact) mass is 726 g/mol. The molecule has 3 rings (SSSR count). The van der Waals surface area contributed by atoms with Gasteiger partial charge in [-0.15, -0.1) is 0 Å². The number of nitrogens with one attached hydrogen (secondary N) is 2. The summed E-state index contributed by atoms with van der Waals surface area (Å²) in [6, 6.07) is 24.9. The van der Waals surface area contributed by atoms with Crippen molar-refractivity contribution in [1.82, 2.24) is 10.6 Å². The van der Waals surface area contributed by atoms with Crippen LogP contribution in [-0.2, 0) is 30.0 Å². The molecular formula is C46H66N2O5. The summed E-state index contributed by atoms with van der Waals surface area (Å²) in [5, 5.41) is 5.58. The van der Waals surface area contributed by atoms with Crippen LogP contribution in [0, 0.1) is 5.92 Å². The summed E-state index contributed by atoms with van der Waals surface area (Å²) in [6.45, 7) is 18.3. The zero-order valence-electron chi connectivity index (χ0n) is 33.8. The van der Waals surface area contributed by atoms with Crippen LogP contribution in [0.2, 0.25) is 0 Å². The van der Waals surface area contributed by atoms with Crippen molar-refractivity contribution in [3.05, 3.63) is 101 Å². The van der Waals surface area contributed by atoms with E-state index in [-0.39, 0.29) is 29.2 Å². The van der Waals surface area contributed by atoms with E-state index in [4.69, 9.17) is 9.47 Å². The Labute approximate surface area is 320 Å². The first-order chi connectivity index (χ1) is 25.1. The third-order valence-electron chi connectivity index (χ3n) is 9.47. The second-order valence-corrected chi connectivity index (χ2v) is 16.8. The number of benzene rings is 3. The van der Waals surface area contributed by atoms with Crippen molar-refractivity contribution < 1.29 is 23.9 Å². The molecule has 2 N–H and O–H groups in total. The fraction of sp³-hybridized carbons (Fsp3) is 0.543. The molecule has 0 saturated heterocycles. The SMILES string of the molecule is CC(C)C[C@H](NC(=O)CNC(=O)C(c1ccccc1)c1ccccc1)C(=O)OCCCCCCCCCCOc1cc(C(C)(C)C)cc(C(C)(C)C)c1. The Hall–Kier alpha value is -4.13. The van der Waals surface area contributed by atoms with E-state index in [1.165, 1.54) is 24.0 Å². The third-order valence-corrected chi connectivity index (χ3v) is 9.47. The number of esters is 1. The van der Waals surface area contributed by atoms with Gasteiger partial charge in [-0.1, -0.05) is 161 Å². The number of hydrogen-bond donors (Lipinski definition) is 2. The van der Waals surface area contributed by atoms with Gasteiger partial charge < -0.3 is 20.1 Å². The first kappa shape index (κ1) is 43.3. The summed E-state index contributed by atoms with van der Waals surface area (Å²) in [4.78, 5) is 39.2. The molecule has 0 aliphatic rings. The van der Waals surface area contributed by atoms with Crippen LogP contribution in [0.1, 0.15) is 141 Å². The Balaban J connectivity index is 1.31. The molecule has 3 aromatic carbocycles. The maximum absolute atomic E-state index is 13.3. The molecule has 0 bridgehead atoms. The average molecular weight is 727 g/mol. The fourth-order valence-corrected chi connectivity index (χ4v) is 6.26. The van der Waals surface area contributed by atoms with Crippen molar-refractivity contribution >= 4 is 17.8 Å². The topological polar surface area (TPSA) is 93.7 Å². The van der Waals surface area contributed by atoms with Gasteiger partial charge in [-0.2, -0.15) is 0 Å². The highest BCUT2D eigenvalue weighted by Gasteiger charge is 2.26. The molecule has 290 valence electrons. The summed E-state index contributed by atoms with van der Waals surface area (Å²) >= 11 is 0. The molecule has 0 radical (unpaired) electrons. The van der Waals surface area contributed by atoms with E-state index in [0.29, 0.717) is 13.0 Å². The van der Waals surface area contributed by atoms with Crippen LogP contribution in [0.5, 0.6) is 5.75 Å². The van der Waals surface area contributed by atoms with Crippen molar-refractivity contribution in [2.45, 2.75) is 136 Å². The third kappa shape index (κ3) is 15.8. The van der Waals surface area contributed by atoms with E-state index in [9.17, 15) is 14.4 Å². The second-order valence-electron chi connectivity index (χ2n) is 16.8. The van der Waals surface area contributed by atoms with Crippen molar-refractivity contribution in [3.8, 4) is 5.75 Å². The van der Waals surface area contributed by atoms with E-state index in [1.54, 1.807) is 0 Å². The van der Waals surface area contributed by atoms with Gasteiger partial charge in [0.25, 0.3) is 0 Å². The molecule has 0 aliphatic heterocycles. The van der Waals surface area contributed by atoms with E-state index in [1.807, 2.05) is 74.5 Å². The minimum absolute atomic E-state index is 0.0769. The normalized spacial score (nSPS) is 12.4. The van der Waals surface area contributed by atoms with E-state index >= 15 is 0 Å². The Morgan fingerprint density at radius 2 is 1.11 bits per heavy atom. The molecule has 0 aliphatic carbocycles. The Kier molecular flexibility index (Phi) is 17.6. The van der Waals surface area contributed by atoms with Crippen LogP contribution in [0.3, 0.4) is 0 Å². The molecule has 0 unspecified atom stereocenters. The number of carbonyl (C=O) groups is 3. The highest BCUT2D eigenvalue weighted by atomic mass is 16.5. The number of rotatable bonds is 21. The summed E-state index contributed by atoms with van der Waals surface area (Å²) in [5.74, 6) is -0.520. The molecular weight excluding hydrogens is 661 g/mol. The highest BCUT2D eigenvalue weighted by molar-refractivity contribution is 5.92. The van der Waals surface area contributed by atoms with Crippen LogP contribution in [-0.4, -0.2) is 43.6 Å². The van der Waals surface area contributed by atoms with Crippen molar-refractivity contribution in [3.63, 3.8) is 0 Å². The van der Waals surface area contributed by atoms with E-state index in [0.717, 1.165) is 62.0 Å². The molecule has 3 aromatic rings. The molecule has 0 spiro atoms. The van der Waals surface area contributed by atoms with E-state index < -0.39 is 23.8 Å². The average Bonchev–Trinajstić information content (AvgIpc) is 3.11. The number of hydrogen-bond acceptors (Lipinski definition) is 5. The summed E-state index contributed by atoms with van der Waals surface area (Å²) in [7, 11) is 0. The zero-order chi connectivity index (χ0) is 38.9. The maximum Gasteiger partial charge on any atom is 0.328 e. The molecule has 0 heterocycles. The van der Waals surface area contributed by atoms with Crippen LogP contribution < -0.4 is 15.4 Å². The standard InChI is InChI=1S/C46H66N2O5/c1-34(2)29-40(48-41(49)33-47-43(50)42(35-23-17-15-18-24-35)36-25-19-16-20-26-36)44(51)53-28-22-14-12-10-9-11-13-21-27-52-39-31-37(45(3,4)5)30-38(32-39)46(6,7)8/h15-20,23-26,30-32,34,40,42H,9-14,21-22,27-29,33H2,1-8H3,(H,47,50)(H,48,49)/t40-/m0/s1. The minimum atomic E-state index is -0.759. The van der Waals surface area contributed by atoms with Gasteiger partial charge in [0, 0.05) is 0 Å². The zero-order valence-corrected chi connectivity index (χ0v) is 33.8. The van der Waals surface area contributed by atoms with Gasteiger partial charge in [0.05, 0.1) is 25.7 Å². The number of amides is 2. The van der Waals surface area contributed by atoms with E-state index in [2.05, 4.69) is 70.4 Å². The van der Waals surface area contributed by atoms with Crippen LogP contribution >= 0.6 is 0 Å². The summed E-state index contributed by atoms with van der Waals surface area (Å²) in [6.07, 6.45) is 9.07. The van der Waals surface area contributed by atoms with Gasteiger partial charge in [-0.3, -0.25) is 9.59 Å². The minimum Gasteiger partial charge on any atom is -0.494 e. The van der Waals surface area contributed by atoms with Crippen LogP contribution in [0.4, 0.5) is 0 Å². The predicted octanol–water partition coefficient (Wildman–Crippen LogP) is 9.80. The molecule has 7 nitrogen and oxygen atoms in total. The Bertz CT molecular complexity index is 1470. The van der Waals surface area contributed by atoms with Gasteiger partial charge in [-0.05, 0) is 70.4 Å². The van der Waals surface area contributed by atoms with Gasteiger partial charge >= 0.3 is 5.97 Å². The first-order valence-corrected chi connectivity index (χ1v) is 19.8. The lowest BCUT2D eigenvalue weighted by molar-refractivity contribution is -0.148. The number of carbonyl (C=O) groups excluding carboxylic acids is 3. The lowest BCUT2D eigenvalue weighted by Crippen LogP contribution is -2.47. The highest BCUT2D eigenvalue weighted by Crippen LogP contribution is 2.33. The fourth-order valence-electron chi connectivity index (χ4n) is 6.26. The van der Waals surface area contributed by atoms with Gasteiger partial charge in [-0.25, -0.2) is 4.79 Å². The van der Waals surface area contributed by atoms with Crippen molar-refractivity contribution in [2.75, 3.05) is 19.8 Å². The second kappa shape index (κ2) is 21.5. The van der Waals surface area contributed by atoms with Crippen LogP contribution in [0.25, 0.3) is 0 Å². The van der Waals surface area contributed by atoms with Crippen LogP contribution in [0.15, 0.2) is 78.9 Å². The summed E-state index contributed by atoms with van der Waals surface area (Å²) < 4.78 is 11.8. The maximum atomic E-state index is 13.3. The lowest BCUT2D eigenvalue weighted by Gasteiger charge is -2.26. The summed E-state index contributed by atoms with van der Waals surface area (Å²) in [5.41, 5.74) is 4.46. The number of ether oxygens (including phenoxy) is 2. The van der Waals surface area contributed by atoms with Gasteiger partial charge in [0.1, 0.15) is 11.8 Å². The molecule has 0 aromatic heterocycles. The Morgan fingerprint density at radius 1 is 0.642 bits per heavy atom. The smallest absolute Gasteiger partial charge is 0.328 e. The largest absolute Gasteiger partial charge is 0.494 e.